The number of nitrogens with one attached hydrogen (secondary N) is 1. The van der Waals surface area contributed by atoms with Crippen molar-refractivity contribution in [1.82, 2.24) is 5.32 Å². The van der Waals surface area contributed by atoms with Crippen LogP contribution >= 0.6 is 0 Å². The summed E-state index contributed by atoms with van der Waals surface area (Å²) in [5.41, 5.74) is 7.06. The predicted octanol–water partition coefficient (Wildman–Crippen LogP) is 1.20. The smallest absolute Gasteiger partial charge is 0.321 e. The van der Waals surface area contributed by atoms with Crippen LogP contribution in [-0.2, 0) is 0 Å². The molecule has 1 aromatic carbocycles. The Labute approximate surface area is 94.2 Å². The van der Waals surface area contributed by atoms with Gasteiger partial charge in [0.25, 0.3) is 0 Å². The minimum Gasteiger partial charge on any atom is -0.495 e. The van der Waals surface area contributed by atoms with Crippen molar-refractivity contribution < 1.29 is 9.53 Å². The molecule has 1 aliphatic heterocycles. The fourth-order valence-electron chi connectivity index (χ4n) is 1.78. The molecule has 86 valence electrons. The molecule has 5 nitrogen and oxygen atoms in total. The van der Waals surface area contributed by atoms with Crippen LogP contribution in [0.15, 0.2) is 18.2 Å². The van der Waals surface area contributed by atoms with Crippen LogP contribution in [0.5, 0.6) is 5.75 Å². The molecule has 1 saturated heterocycles. The van der Waals surface area contributed by atoms with Crippen LogP contribution in [0, 0.1) is 0 Å². The lowest BCUT2D eigenvalue weighted by atomic mass is 10.2. The summed E-state index contributed by atoms with van der Waals surface area (Å²) in [5, 5.41) is 2.79. The zero-order valence-electron chi connectivity index (χ0n) is 9.19. The standard InChI is InChI=1S/C11H15N3O2/c1-16-10-4-3-8(12)7-9(10)14-6-2-5-13-11(14)15/h3-4,7H,2,5-6,12H2,1H3,(H,13,15). The molecule has 0 spiro atoms. The summed E-state index contributed by atoms with van der Waals surface area (Å²) in [6, 6.07) is 5.18. The Hall–Kier alpha value is -1.91. The van der Waals surface area contributed by atoms with E-state index < -0.39 is 0 Å². The largest absolute Gasteiger partial charge is 0.495 e. The molecule has 0 aromatic heterocycles. The molecule has 2 rings (SSSR count). The summed E-state index contributed by atoms with van der Waals surface area (Å²) in [7, 11) is 1.58. The van der Waals surface area contributed by atoms with Crippen LogP contribution in [0.25, 0.3) is 0 Å². The second kappa shape index (κ2) is 4.30. The molecule has 3 N–H and O–H groups in total. The van der Waals surface area contributed by atoms with Gasteiger partial charge in [-0.25, -0.2) is 4.79 Å². The Morgan fingerprint density at radius 1 is 1.50 bits per heavy atom. The average molecular weight is 221 g/mol. The monoisotopic (exact) mass is 221 g/mol. The van der Waals surface area contributed by atoms with Crippen molar-refractivity contribution in [3.05, 3.63) is 18.2 Å². The first-order chi connectivity index (χ1) is 7.72. The van der Waals surface area contributed by atoms with Crippen LogP contribution in [0.2, 0.25) is 0 Å². The number of nitrogens with two attached hydrogens (primary N) is 1. The first-order valence-corrected chi connectivity index (χ1v) is 5.21. The van der Waals surface area contributed by atoms with Gasteiger partial charge in [0.1, 0.15) is 5.75 Å². The van der Waals surface area contributed by atoms with Gasteiger partial charge in [0.2, 0.25) is 0 Å². The van der Waals surface area contributed by atoms with E-state index in [4.69, 9.17) is 10.5 Å². The first kappa shape index (κ1) is 10.6. The van der Waals surface area contributed by atoms with Crippen molar-refractivity contribution in [3.63, 3.8) is 0 Å². The highest BCUT2D eigenvalue weighted by atomic mass is 16.5. The molecule has 0 atom stereocenters. The van der Waals surface area contributed by atoms with Crippen LogP contribution in [0.4, 0.5) is 16.2 Å². The van der Waals surface area contributed by atoms with Gasteiger partial charge in [-0.2, -0.15) is 0 Å². The van der Waals surface area contributed by atoms with E-state index in [0.29, 0.717) is 18.0 Å². The predicted molar refractivity (Wildman–Crippen MR) is 62.8 cm³/mol. The SMILES string of the molecule is COc1ccc(N)cc1N1CCCNC1=O. The Morgan fingerprint density at radius 3 is 3.00 bits per heavy atom. The third kappa shape index (κ3) is 1.88. The van der Waals surface area contributed by atoms with Gasteiger partial charge in [-0.3, -0.25) is 4.90 Å². The average Bonchev–Trinajstić information content (AvgIpc) is 2.29. The van der Waals surface area contributed by atoms with Crippen molar-refractivity contribution in [1.29, 1.82) is 0 Å². The molecule has 0 aliphatic carbocycles. The van der Waals surface area contributed by atoms with E-state index in [1.54, 1.807) is 30.2 Å². The van der Waals surface area contributed by atoms with Gasteiger partial charge in [-0.15, -0.1) is 0 Å². The molecule has 1 fully saturated rings. The van der Waals surface area contributed by atoms with E-state index in [9.17, 15) is 4.79 Å². The molecule has 0 saturated carbocycles. The van der Waals surface area contributed by atoms with Crippen molar-refractivity contribution >= 4 is 17.4 Å². The van der Waals surface area contributed by atoms with Gasteiger partial charge in [0.05, 0.1) is 12.8 Å². The van der Waals surface area contributed by atoms with Gasteiger partial charge in [0, 0.05) is 18.8 Å². The minimum atomic E-state index is -0.102. The van der Waals surface area contributed by atoms with Gasteiger partial charge in [0.15, 0.2) is 0 Å². The van der Waals surface area contributed by atoms with E-state index in [1.807, 2.05) is 0 Å². The van der Waals surface area contributed by atoms with Crippen LogP contribution < -0.4 is 20.7 Å². The van der Waals surface area contributed by atoms with E-state index in [0.717, 1.165) is 18.7 Å². The third-order valence-corrected chi connectivity index (χ3v) is 2.57. The van der Waals surface area contributed by atoms with Crippen molar-refractivity contribution in [2.45, 2.75) is 6.42 Å². The Morgan fingerprint density at radius 2 is 2.31 bits per heavy atom. The van der Waals surface area contributed by atoms with Gasteiger partial charge < -0.3 is 15.8 Å². The maximum absolute atomic E-state index is 11.7. The van der Waals surface area contributed by atoms with Crippen LogP contribution in [-0.4, -0.2) is 26.2 Å². The molecular formula is C11H15N3O2. The number of urea groups is 1. The number of ether oxygens (including phenoxy) is 1. The molecule has 1 aliphatic rings. The maximum Gasteiger partial charge on any atom is 0.321 e. The Kier molecular flexibility index (Phi) is 2.85. The van der Waals surface area contributed by atoms with Crippen molar-refractivity contribution in [3.8, 4) is 5.75 Å². The van der Waals surface area contributed by atoms with E-state index in [-0.39, 0.29) is 6.03 Å². The number of amides is 2. The normalized spacial score (nSPS) is 15.8. The van der Waals surface area contributed by atoms with Gasteiger partial charge in [-0.05, 0) is 24.6 Å². The second-order valence-electron chi connectivity index (χ2n) is 3.67. The number of nitrogen functional groups attached to an aromatic ring is 1. The number of nitrogens with zero attached hydrogens (tertiary/aromatic N) is 1. The summed E-state index contributed by atoms with van der Waals surface area (Å²) < 4.78 is 5.22. The fourth-order valence-corrected chi connectivity index (χ4v) is 1.78. The number of methoxy groups -OCH3 is 1. The lowest BCUT2D eigenvalue weighted by Gasteiger charge is -2.28. The number of rotatable bonds is 2. The quantitative estimate of drug-likeness (QED) is 0.737. The number of hydrogen-bond donors (Lipinski definition) is 2. The fraction of sp³-hybridized carbons (Fsp3) is 0.364. The van der Waals surface area contributed by atoms with Crippen molar-refractivity contribution in [2.24, 2.45) is 0 Å². The number of carbonyl (C=O) groups excluding carboxylic acids is 1. The number of benzene rings is 1. The van der Waals surface area contributed by atoms with Gasteiger partial charge in [-0.1, -0.05) is 0 Å². The molecule has 5 heteroatoms. The van der Waals surface area contributed by atoms with Gasteiger partial charge >= 0.3 is 6.03 Å². The van der Waals surface area contributed by atoms with E-state index >= 15 is 0 Å². The lowest BCUT2D eigenvalue weighted by Crippen LogP contribution is -2.46. The number of carbonyl (C=O) groups is 1. The molecule has 0 radical (unpaired) electrons. The Balaban J connectivity index is 2.36. The molecule has 0 bridgehead atoms. The molecular weight excluding hydrogens is 206 g/mol. The van der Waals surface area contributed by atoms with Crippen molar-refractivity contribution in [2.75, 3.05) is 30.8 Å². The summed E-state index contributed by atoms with van der Waals surface area (Å²) in [5.74, 6) is 0.659. The lowest BCUT2D eigenvalue weighted by molar-refractivity contribution is 0.242. The van der Waals surface area contributed by atoms with E-state index in [2.05, 4.69) is 5.32 Å². The molecule has 1 aromatic rings. The molecule has 2 amide bonds. The first-order valence-electron chi connectivity index (χ1n) is 5.21. The topological polar surface area (TPSA) is 67.6 Å². The minimum absolute atomic E-state index is 0.102. The summed E-state index contributed by atoms with van der Waals surface area (Å²) >= 11 is 0. The number of anilines is 2. The molecule has 1 heterocycles. The molecule has 0 unspecified atom stereocenters. The highest BCUT2D eigenvalue weighted by molar-refractivity contribution is 5.94. The third-order valence-electron chi connectivity index (χ3n) is 2.57. The summed E-state index contributed by atoms with van der Waals surface area (Å²) in [6.07, 6.45) is 0.920. The summed E-state index contributed by atoms with van der Waals surface area (Å²) in [6.45, 7) is 1.41. The highest BCUT2D eigenvalue weighted by Crippen LogP contribution is 2.31. The zero-order valence-corrected chi connectivity index (χ0v) is 9.19. The second-order valence-corrected chi connectivity index (χ2v) is 3.67. The molecule has 16 heavy (non-hydrogen) atoms. The number of hydrogen-bond acceptors (Lipinski definition) is 3. The zero-order chi connectivity index (χ0) is 11.5. The maximum atomic E-state index is 11.7. The van der Waals surface area contributed by atoms with E-state index in [1.165, 1.54) is 0 Å². The highest BCUT2D eigenvalue weighted by Gasteiger charge is 2.22. The summed E-state index contributed by atoms with van der Waals surface area (Å²) in [4.78, 5) is 13.3. The van der Waals surface area contributed by atoms with Crippen LogP contribution in [0.3, 0.4) is 0 Å². The van der Waals surface area contributed by atoms with Crippen LogP contribution in [0.1, 0.15) is 6.42 Å². The Bertz CT molecular complexity index is 406.